The van der Waals surface area contributed by atoms with E-state index in [2.05, 4.69) is 19.2 Å². The van der Waals surface area contributed by atoms with Crippen molar-refractivity contribution in [3.05, 3.63) is 23.7 Å². The van der Waals surface area contributed by atoms with Crippen LogP contribution in [0.1, 0.15) is 36.6 Å². The summed E-state index contributed by atoms with van der Waals surface area (Å²) < 4.78 is 10.2. The van der Waals surface area contributed by atoms with Gasteiger partial charge in [0.25, 0.3) is 0 Å². The normalized spacial score (nSPS) is 11.7. The van der Waals surface area contributed by atoms with E-state index in [0.717, 1.165) is 19.6 Å². The van der Waals surface area contributed by atoms with Crippen LogP contribution < -0.4 is 5.32 Å². The molecule has 0 saturated carbocycles. The Morgan fingerprint density at radius 1 is 1.50 bits per heavy atom. The smallest absolute Gasteiger partial charge is 0.371 e. The van der Waals surface area contributed by atoms with Gasteiger partial charge in [-0.15, -0.1) is 0 Å². The Morgan fingerprint density at radius 3 is 2.78 bits per heavy atom. The second-order valence-corrected chi connectivity index (χ2v) is 5.08. The quantitative estimate of drug-likeness (QED) is 0.744. The van der Waals surface area contributed by atoms with Gasteiger partial charge in [-0.25, -0.2) is 4.79 Å². The first-order valence-corrected chi connectivity index (χ1v) is 5.96. The van der Waals surface area contributed by atoms with Crippen LogP contribution >= 0.6 is 0 Å². The zero-order chi connectivity index (χ0) is 13.6. The van der Waals surface area contributed by atoms with Crippen LogP contribution in [-0.4, -0.2) is 31.3 Å². The van der Waals surface area contributed by atoms with Gasteiger partial charge in [-0.05, 0) is 24.0 Å². The Balaban J connectivity index is 2.34. The fourth-order valence-corrected chi connectivity index (χ4v) is 1.58. The van der Waals surface area contributed by atoms with Gasteiger partial charge in [0.1, 0.15) is 5.76 Å². The lowest BCUT2D eigenvalue weighted by Crippen LogP contribution is -2.30. The van der Waals surface area contributed by atoms with Crippen LogP contribution in [0.4, 0.5) is 0 Å². The average molecular weight is 255 g/mol. The number of carbonyl (C=O) groups is 1. The Bertz CT molecular complexity index is 384. The van der Waals surface area contributed by atoms with Crippen molar-refractivity contribution in [2.24, 2.45) is 5.41 Å². The van der Waals surface area contributed by atoms with Crippen molar-refractivity contribution in [1.82, 2.24) is 5.32 Å². The van der Waals surface area contributed by atoms with Gasteiger partial charge in [0, 0.05) is 20.3 Å². The van der Waals surface area contributed by atoms with Crippen LogP contribution in [0.2, 0.25) is 0 Å². The second kappa shape index (κ2) is 6.56. The lowest BCUT2D eigenvalue weighted by molar-refractivity contribution is 0.0660. The molecule has 1 aromatic rings. The molecule has 5 heteroatoms. The van der Waals surface area contributed by atoms with Crippen LogP contribution in [0, 0.1) is 5.41 Å². The van der Waals surface area contributed by atoms with Crippen LogP contribution in [0.15, 0.2) is 16.5 Å². The standard InChI is InChI=1S/C13H21NO4/c1-13(2,6-7-17-3)9-14-8-10-4-5-11(18-10)12(15)16/h4-5,14H,6-9H2,1-3H3,(H,15,16). The Labute approximate surface area is 107 Å². The van der Waals surface area contributed by atoms with E-state index in [9.17, 15) is 4.79 Å². The second-order valence-electron chi connectivity index (χ2n) is 5.08. The van der Waals surface area contributed by atoms with E-state index >= 15 is 0 Å². The van der Waals surface area contributed by atoms with E-state index in [4.69, 9.17) is 14.3 Å². The number of aromatic carboxylic acids is 1. The number of rotatable bonds is 8. The molecule has 0 radical (unpaired) electrons. The number of hydrogen-bond donors (Lipinski definition) is 2. The molecule has 1 aromatic heterocycles. The van der Waals surface area contributed by atoms with Gasteiger partial charge in [0.05, 0.1) is 6.54 Å². The fourth-order valence-electron chi connectivity index (χ4n) is 1.58. The number of nitrogens with one attached hydrogen (secondary N) is 1. The van der Waals surface area contributed by atoms with Crippen molar-refractivity contribution in [2.75, 3.05) is 20.3 Å². The predicted molar refractivity (Wildman–Crippen MR) is 67.6 cm³/mol. The number of carboxylic acid groups (broad SMARTS) is 1. The molecular formula is C13H21NO4. The van der Waals surface area contributed by atoms with Crippen molar-refractivity contribution in [3.63, 3.8) is 0 Å². The van der Waals surface area contributed by atoms with Gasteiger partial charge < -0.3 is 19.6 Å². The van der Waals surface area contributed by atoms with Crippen LogP contribution in [0.3, 0.4) is 0 Å². The van der Waals surface area contributed by atoms with Crippen molar-refractivity contribution >= 4 is 5.97 Å². The maximum atomic E-state index is 10.6. The SMILES string of the molecule is COCCC(C)(C)CNCc1ccc(C(=O)O)o1. The van der Waals surface area contributed by atoms with Gasteiger partial charge in [-0.1, -0.05) is 13.8 Å². The van der Waals surface area contributed by atoms with Gasteiger partial charge in [-0.3, -0.25) is 0 Å². The van der Waals surface area contributed by atoms with Crippen LogP contribution in [0.25, 0.3) is 0 Å². The Hall–Kier alpha value is -1.33. The number of methoxy groups -OCH3 is 1. The van der Waals surface area contributed by atoms with Crippen molar-refractivity contribution < 1.29 is 19.1 Å². The lowest BCUT2D eigenvalue weighted by Gasteiger charge is -2.24. The zero-order valence-corrected chi connectivity index (χ0v) is 11.2. The topological polar surface area (TPSA) is 71.7 Å². The molecule has 0 spiro atoms. The summed E-state index contributed by atoms with van der Waals surface area (Å²) in [5.74, 6) is -0.429. The summed E-state index contributed by atoms with van der Waals surface area (Å²) in [5, 5.41) is 12.0. The average Bonchev–Trinajstić information content (AvgIpc) is 2.75. The largest absolute Gasteiger partial charge is 0.475 e. The van der Waals surface area contributed by atoms with E-state index in [-0.39, 0.29) is 11.2 Å². The minimum atomic E-state index is -1.04. The van der Waals surface area contributed by atoms with E-state index in [1.54, 1.807) is 13.2 Å². The van der Waals surface area contributed by atoms with E-state index in [1.165, 1.54) is 6.07 Å². The predicted octanol–water partition coefficient (Wildman–Crippen LogP) is 2.13. The van der Waals surface area contributed by atoms with Crippen molar-refractivity contribution in [1.29, 1.82) is 0 Å². The van der Waals surface area contributed by atoms with Gasteiger partial charge in [-0.2, -0.15) is 0 Å². The fraction of sp³-hybridized carbons (Fsp3) is 0.615. The number of hydrogen-bond acceptors (Lipinski definition) is 4. The van der Waals surface area contributed by atoms with Gasteiger partial charge >= 0.3 is 5.97 Å². The molecular weight excluding hydrogens is 234 g/mol. The molecule has 0 fully saturated rings. The molecule has 18 heavy (non-hydrogen) atoms. The minimum Gasteiger partial charge on any atom is -0.475 e. The number of carboxylic acids is 1. The highest BCUT2D eigenvalue weighted by Gasteiger charge is 2.17. The third-order valence-electron chi connectivity index (χ3n) is 2.76. The minimum absolute atomic E-state index is 0.0227. The highest BCUT2D eigenvalue weighted by molar-refractivity contribution is 5.84. The molecule has 1 heterocycles. The maximum absolute atomic E-state index is 10.6. The molecule has 2 N–H and O–H groups in total. The number of furan rings is 1. The summed E-state index contributed by atoms with van der Waals surface area (Å²) in [6, 6.07) is 3.15. The first-order chi connectivity index (χ1) is 8.44. The summed E-state index contributed by atoms with van der Waals surface area (Å²) in [6.45, 7) is 6.40. The highest BCUT2D eigenvalue weighted by atomic mass is 16.5. The first kappa shape index (κ1) is 14.7. The molecule has 0 atom stereocenters. The summed E-state index contributed by atoms with van der Waals surface area (Å²) in [7, 11) is 1.69. The Morgan fingerprint density at radius 2 is 2.22 bits per heavy atom. The third kappa shape index (κ3) is 4.89. The Kier molecular flexibility index (Phi) is 5.37. The van der Waals surface area contributed by atoms with E-state index < -0.39 is 5.97 Å². The summed E-state index contributed by atoms with van der Waals surface area (Å²) >= 11 is 0. The van der Waals surface area contributed by atoms with Gasteiger partial charge in [0.2, 0.25) is 5.76 Å². The third-order valence-corrected chi connectivity index (χ3v) is 2.76. The highest BCUT2D eigenvalue weighted by Crippen LogP contribution is 2.19. The van der Waals surface area contributed by atoms with E-state index in [0.29, 0.717) is 12.3 Å². The molecule has 5 nitrogen and oxygen atoms in total. The summed E-state index contributed by atoms with van der Waals surface area (Å²) in [4.78, 5) is 10.6. The monoisotopic (exact) mass is 255 g/mol. The molecule has 1 rings (SSSR count). The maximum Gasteiger partial charge on any atom is 0.371 e. The van der Waals surface area contributed by atoms with E-state index in [1.807, 2.05) is 0 Å². The molecule has 0 amide bonds. The molecule has 0 aliphatic rings. The van der Waals surface area contributed by atoms with Crippen molar-refractivity contribution in [2.45, 2.75) is 26.8 Å². The molecule has 0 unspecified atom stereocenters. The zero-order valence-electron chi connectivity index (χ0n) is 11.2. The molecule has 0 aromatic carbocycles. The van der Waals surface area contributed by atoms with Crippen LogP contribution in [0.5, 0.6) is 0 Å². The molecule has 0 bridgehead atoms. The summed E-state index contributed by atoms with van der Waals surface area (Å²) in [6.07, 6.45) is 0.967. The molecule has 0 aliphatic heterocycles. The van der Waals surface area contributed by atoms with Crippen molar-refractivity contribution in [3.8, 4) is 0 Å². The lowest BCUT2D eigenvalue weighted by atomic mass is 9.90. The molecule has 102 valence electrons. The number of ether oxygens (including phenoxy) is 1. The van der Waals surface area contributed by atoms with Gasteiger partial charge in [0.15, 0.2) is 0 Å². The molecule has 0 saturated heterocycles. The molecule has 0 aliphatic carbocycles. The van der Waals surface area contributed by atoms with Crippen LogP contribution in [-0.2, 0) is 11.3 Å². The summed E-state index contributed by atoms with van der Waals surface area (Å²) in [5.41, 5.74) is 0.137. The first-order valence-electron chi connectivity index (χ1n) is 5.96.